The van der Waals surface area contributed by atoms with Crippen LogP contribution in [0.4, 0.5) is 0 Å². The van der Waals surface area contributed by atoms with Crippen molar-refractivity contribution in [3.63, 3.8) is 0 Å². The number of rotatable bonds is 1. The van der Waals surface area contributed by atoms with Gasteiger partial charge in [0.15, 0.2) is 0 Å². The van der Waals surface area contributed by atoms with Gasteiger partial charge in [0, 0.05) is 12.1 Å². The van der Waals surface area contributed by atoms with E-state index in [-0.39, 0.29) is 18.0 Å². The lowest BCUT2D eigenvalue weighted by molar-refractivity contribution is -0.116. The summed E-state index contributed by atoms with van der Waals surface area (Å²) >= 11 is 0. The molecule has 2 atom stereocenters. The van der Waals surface area contributed by atoms with Crippen molar-refractivity contribution in [1.29, 1.82) is 0 Å². The third kappa shape index (κ3) is 3.08. The monoisotopic (exact) mass is 180 g/mol. The molecular weight excluding hydrogens is 164 g/mol. The van der Waals surface area contributed by atoms with E-state index in [0.29, 0.717) is 0 Å². The number of nitrogens with one attached hydrogen (secondary N) is 1. The van der Waals surface area contributed by atoms with Crippen molar-refractivity contribution in [3.8, 4) is 11.8 Å². The van der Waals surface area contributed by atoms with Gasteiger partial charge in [0.05, 0.1) is 0 Å². The highest BCUT2D eigenvalue weighted by Crippen LogP contribution is 2.16. The summed E-state index contributed by atoms with van der Waals surface area (Å²) in [4.78, 5) is 11.1. The molecule has 1 aliphatic carbocycles. The summed E-state index contributed by atoms with van der Waals surface area (Å²) in [5.74, 6) is 4.82. The number of hydrogen-bond acceptors (Lipinski definition) is 2. The summed E-state index contributed by atoms with van der Waals surface area (Å²) in [5.41, 5.74) is 5.86. The first-order chi connectivity index (χ1) is 6.24. The van der Waals surface area contributed by atoms with Crippen molar-refractivity contribution in [2.24, 2.45) is 5.73 Å². The molecule has 0 saturated heterocycles. The Hall–Kier alpha value is -1.01. The molecule has 3 nitrogen and oxygen atoms in total. The zero-order valence-corrected chi connectivity index (χ0v) is 7.97. The summed E-state index contributed by atoms with van der Waals surface area (Å²) in [6.07, 6.45) is 4.31. The first-order valence-electron chi connectivity index (χ1n) is 4.73. The Kier molecular flexibility index (Phi) is 3.78. The molecule has 3 N–H and O–H groups in total. The third-order valence-corrected chi connectivity index (χ3v) is 2.37. The fourth-order valence-corrected chi connectivity index (χ4v) is 1.66. The molecule has 3 heteroatoms. The van der Waals surface area contributed by atoms with Gasteiger partial charge >= 0.3 is 0 Å². The third-order valence-electron chi connectivity index (χ3n) is 2.37. The minimum Gasteiger partial charge on any atom is -0.341 e. The van der Waals surface area contributed by atoms with Crippen LogP contribution in [0.2, 0.25) is 0 Å². The van der Waals surface area contributed by atoms with Gasteiger partial charge in [0.1, 0.15) is 0 Å². The molecule has 0 heterocycles. The van der Waals surface area contributed by atoms with Crippen LogP contribution >= 0.6 is 0 Å². The van der Waals surface area contributed by atoms with Crippen LogP contribution in [0, 0.1) is 11.8 Å². The van der Waals surface area contributed by atoms with Gasteiger partial charge in [-0.25, -0.2) is 0 Å². The fourth-order valence-electron chi connectivity index (χ4n) is 1.66. The SMILES string of the molecule is CC#CC(=O)N[C@@H]1CCCC[C@H]1N. The van der Waals surface area contributed by atoms with Gasteiger partial charge in [-0.2, -0.15) is 0 Å². The topological polar surface area (TPSA) is 55.1 Å². The van der Waals surface area contributed by atoms with Crippen LogP contribution in [0.15, 0.2) is 0 Å². The molecular formula is C10H16N2O. The number of amides is 1. The second kappa shape index (κ2) is 4.88. The first kappa shape index (κ1) is 10.1. The molecule has 1 saturated carbocycles. The zero-order chi connectivity index (χ0) is 9.68. The van der Waals surface area contributed by atoms with Crippen molar-refractivity contribution in [1.82, 2.24) is 5.32 Å². The van der Waals surface area contributed by atoms with Gasteiger partial charge < -0.3 is 11.1 Å². The lowest BCUT2D eigenvalue weighted by Crippen LogP contribution is -2.48. The molecule has 1 rings (SSSR count). The van der Waals surface area contributed by atoms with Gasteiger partial charge in [-0.05, 0) is 25.7 Å². The van der Waals surface area contributed by atoms with E-state index in [4.69, 9.17) is 5.73 Å². The Morgan fingerprint density at radius 1 is 1.46 bits per heavy atom. The van der Waals surface area contributed by atoms with E-state index in [1.807, 2.05) is 0 Å². The molecule has 0 aromatic carbocycles. The van der Waals surface area contributed by atoms with E-state index in [1.54, 1.807) is 6.92 Å². The van der Waals surface area contributed by atoms with Crippen LogP contribution in [0.1, 0.15) is 32.6 Å². The molecule has 0 aromatic rings. The zero-order valence-electron chi connectivity index (χ0n) is 7.97. The number of carbonyl (C=O) groups excluding carboxylic acids is 1. The van der Waals surface area contributed by atoms with Gasteiger partial charge in [-0.3, -0.25) is 4.79 Å². The lowest BCUT2D eigenvalue weighted by atomic mass is 9.91. The average molecular weight is 180 g/mol. The molecule has 1 amide bonds. The van der Waals surface area contributed by atoms with Crippen LogP contribution in [-0.2, 0) is 4.79 Å². The highest BCUT2D eigenvalue weighted by Gasteiger charge is 2.22. The summed E-state index contributed by atoms with van der Waals surface area (Å²) < 4.78 is 0. The summed E-state index contributed by atoms with van der Waals surface area (Å²) in [6, 6.07) is 0.235. The molecule has 0 spiro atoms. The predicted molar refractivity (Wildman–Crippen MR) is 51.8 cm³/mol. The highest BCUT2D eigenvalue weighted by atomic mass is 16.1. The number of carbonyl (C=O) groups is 1. The second-order valence-electron chi connectivity index (χ2n) is 3.40. The number of hydrogen-bond donors (Lipinski definition) is 2. The van der Waals surface area contributed by atoms with E-state index in [1.165, 1.54) is 6.42 Å². The molecule has 1 fully saturated rings. The van der Waals surface area contributed by atoms with Crippen LogP contribution in [0.5, 0.6) is 0 Å². The van der Waals surface area contributed by atoms with E-state index in [0.717, 1.165) is 19.3 Å². The van der Waals surface area contributed by atoms with E-state index in [2.05, 4.69) is 17.2 Å². The van der Waals surface area contributed by atoms with Crippen LogP contribution < -0.4 is 11.1 Å². The van der Waals surface area contributed by atoms with Crippen LogP contribution in [0.3, 0.4) is 0 Å². The molecule has 0 aromatic heterocycles. The van der Waals surface area contributed by atoms with Gasteiger partial charge in [0.2, 0.25) is 0 Å². The smallest absolute Gasteiger partial charge is 0.296 e. The minimum atomic E-state index is -0.204. The Labute approximate surface area is 79.1 Å². The molecule has 0 bridgehead atoms. The first-order valence-corrected chi connectivity index (χ1v) is 4.73. The van der Waals surface area contributed by atoms with Gasteiger partial charge in [-0.1, -0.05) is 18.8 Å². The highest BCUT2D eigenvalue weighted by molar-refractivity contribution is 5.93. The predicted octanol–water partition coefficient (Wildman–Crippen LogP) is 0.396. The molecule has 72 valence electrons. The van der Waals surface area contributed by atoms with Crippen molar-refractivity contribution in [2.45, 2.75) is 44.7 Å². The quantitative estimate of drug-likeness (QED) is 0.574. The molecule has 0 unspecified atom stereocenters. The van der Waals surface area contributed by atoms with E-state index >= 15 is 0 Å². The molecule has 1 aliphatic rings. The largest absolute Gasteiger partial charge is 0.341 e. The van der Waals surface area contributed by atoms with E-state index in [9.17, 15) is 4.79 Å². The Morgan fingerprint density at radius 3 is 2.77 bits per heavy atom. The molecule has 13 heavy (non-hydrogen) atoms. The Balaban J connectivity index is 2.41. The Morgan fingerprint density at radius 2 is 2.15 bits per heavy atom. The maximum absolute atomic E-state index is 11.1. The van der Waals surface area contributed by atoms with Crippen LogP contribution in [-0.4, -0.2) is 18.0 Å². The second-order valence-corrected chi connectivity index (χ2v) is 3.40. The molecule has 0 aliphatic heterocycles. The standard InChI is InChI=1S/C10H16N2O/c1-2-5-10(13)12-9-7-4-3-6-8(9)11/h8-9H,3-4,6-7,11H2,1H3,(H,12,13)/t8-,9-/m1/s1. The fraction of sp³-hybridized carbons (Fsp3) is 0.700. The summed E-state index contributed by atoms with van der Waals surface area (Å²) in [7, 11) is 0. The average Bonchev–Trinajstić information content (AvgIpc) is 2.09. The normalized spacial score (nSPS) is 27.2. The maximum Gasteiger partial charge on any atom is 0.296 e. The van der Waals surface area contributed by atoms with Gasteiger partial charge in [0.25, 0.3) is 5.91 Å². The Bertz CT molecular complexity index is 239. The van der Waals surface area contributed by atoms with Crippen molar-refractivity contribution in [2.75, 3.05) is 0 Å². The van der Waals surface area contributed by atoms with Crippen molar-refractivity contribution < 1.29 is 4.79 Å². The van der Waals surface area contributed by atoms with Crippen LogP contribution in [0.25, 0.3) is 0 Å². The summed E-state index contributed by atoms with van der Waals surface area (Å²) in [5, 5.41) is 2.83. The van der Waals surface area contributed by atoms with Gasteiger partial charge in [-0.15, -0.1) is 0 Å². The maximum atomic E-state index is 11.1. The molecule has 0 radical (unpaired) electrons. The lowest BCUT2D eigenvalue weighted by Gasteiger charge is -2.28. The number of nitrogens with two attached hydrogens (primary N) is 1. The van der Waals surface area contributed by atoms with Crippen molar-refractivity contribution in [3.05, 3.63) is 0 Å². The summed E-state index contributed by atoms with van der Waals surface area (Å²) in [6.45, 7) is 1.65. The minimum absolute atomic E-state index is 0.108. The van der Waals surface area contributed by atoms with Crippen molar-refractivity contribution >= 4 is 5.91 Å². The van der Waals surface area contributed by atoms with E-state index < -0.39 is 0 Å².